The second kappa shape index (κ2) is 4.15. The first-order valence-corrected chi connectivity index (χ1v) is 5.78. The summed E-state index contributed by atoms with van der Waals surface area (Å²) in [4.78, 5) is 4.93. The molecule has 2 fully saturated rings. The van der Waals surface area contributed by atoms with Crippen LogP contribution in [0.2, 0.25) is 0 Å². The minimum absolute atomic E-state index is 0.193. The maximum atomic E-state index is 12.3. The van der Waals surface area contributed by atoms with Crippen LogP contribution in [0.3, 0.4) is 0 Å². The molecule has 0 aromatic heterocycles. The molecule has 0 N–H and O–H groups in total. The maximum Gasteiger partial charge on any atom is 0.102 e. The fraction of sp³-hybridized carbons (Fsp3) is 1.00. The van der Waals surface area contributed by atoms with Crippen LogP contribution in [0.1, 0.15) is 26.7 Å². The first-order valence-electron chi connectivity index (χ1n) is 5.78. The highest BCUT2D eigenvalue weighted by atomic mass is 19.1. The lowest BCUT2D eigenvalue weighted by molar-refractivity contribution is 0.0413. The number of rotatable bonds is 3. The van der Waals surface area contributed by atoms with E-state index in [0.29, 0.717) is 24.7 Å². The van der Waals surface area contributed by atoms with Crippen molar-refractivity contribution in [1.82, 2.24) is 9.80 Å². The second-order valence-electron chi connectivity index (χ2n) is 4.87. The normalized spacial score (nSPS) is 34.3. The van der Waals surface area contributed by atoms with Crippen LogP contribution in [0.25, 0.3) is 0 Å². The van der Waals surface area contributed by atoms with Gasteiger partial charge in [0.15, 0.2) is 0 Å². The molecule has 2 rings (SSSR count). The van der Waals surface area contributed by atoms with Crippen LogP contribution >= 0.6 is 0 Å². The van der Waals surface area contributed by atoms with E-state index in [2.05, 4.69) is 23.6 Å². The van der Waals surface area contributed by atoms with Gasteiger partial charge in [0.25, 0.3) is 0 Å². The van der Waals surface area contributed by atoms with Crippen LogP contribution < -0.4 is 0 Å². The van der Waals surface area contributed by atoms with Gasteiger partial charge in [0.1, 0.15) is 6.67 Å². The molecule has 3 heteroatoms. The lowest BCUT2D eigenvalue weighted by Gasteiger charge is -2.43. The number of halogens is 1. The number of likely N-dealkylation sites (tertiary alicyclic amines) is 1. The fourth-order valence-electron chi connectivity index (χ4n) is 3.17. The molecule has 0 aromatic rings. The Bertz CT molecular complexity index is 182. The summed E-state index contributed by atoms with van der Waals surface area (Å²) in [7, 11) is 0. The second-order valence-corrected chi connectivity index (χ2v) is 4.87. The van der Waals surface area contributed by atoms with Gasteiger partial charge in [-0.3, -0.25) is 9.80 Å². The number of alkyl halides is 1. The highest BCUT2D eigenvalue weighted by molar-refractivity contribution is 4.96. The van der Waals surface area contributed by atoms with Gasteiger partial charge < -0.3 is 0 Å². The van der Waals surface area contributed by atoms with E-state index in [0.717, 1.165) is 13.1 Å². The molecular formula is C11H21FN2. The summed E-state index contributed by atoms with van der Waals surface area (Å²) in [6.45, 7) is 7.16. The molecule has 2 unspecified atom stereocenters. The van der Waals surface area contributed by atoms with Crippen molar-refractivity contribution >= 4 is 0 Å². The molecule has 0 amide bonds. The van der Waals surface area contributed by atoms with Crippen LogP contribution in [0, 0.1) is 0 Å². The van der Waals surface area contributed by atoms with Crippen LogP contribution in [0.4, 0.5) is 4.39 Å². The molecule has 82 valence electrons. The molecule has 0 spiro atoms. The third-order valence-electron chi connectivity index (χ3n) is 3.61. The largest absolute Gasteiger partial charge is 0.298 e. The van der Waals surface area contributed by atoms with E-state index in [1.807, 2.05) is 0 Å². The highest BCUT2D eigenvalue weighted by Crippen LogP contribution is 2.31. The van der Waals surface area contributed by atoms with E-state index in [-0.39, 0.29) is 6.67 Å². The van der Waals surface area contributed by atoms with Crippen molar-refractivity contribution < 1.29 is 4.39 Å². The van der Waals surface area contributed by atoms with E-state index in [4.69, 9.17) is 0 Å². The van der Waals surface area contributed by atoms with Crippen molar-refractivity contribution in [2.24, 2.45) is 0 Å². The highest BCUT2D eigenvalue weighted by Gasteiger charge is 2.40. The monoisotopic (exact) mass is 200 g/mol. The van der Waals surface area contributed by atoms with Crippen LogP contribution in [0.5, 0.6) is 0 Å². The van der Waals surface area contributed by atoms with Gasteiger partial charge in [-0.15, -0.1) is 0 Å². The molecule has 2 nitrogen and oxygen atoms in total. The zero-order valence-corrected chi connectivity index (χ0v) is 9.25. The van der Waals surface area contributed by atoms with E-state index < -0.39 is 0 Å². The topological polar surface area (TPSA) is 6.48 Å². The summed E-state index contributed by atoms with van der Waals surface area (Å²) < 4.78 is 12.3. The van der Waals surface area contributed by atoms with Crippen molar-refractivity contribution in [3.05, 3.63) is 0 Å². The first-order chi connectivity index (χ1) is 6.72. The van der Waals surface area contributed by atoms with Crippen molar-refractivity contribution in [3.8, 4) is 0 Å². The summed E-state index contributed by atoms with van der Waals surface area (Å²) >= 11 is 0. The Balaban J connectivity index is 1.97. The summed E-state index contributed by atoms with van der Waals surface area (Å²) in [6.07, 6.45) is 2.62. The number of fused-ring (bicyclic) bond motifs is 2. The Labute approximate surface area is 86.1 Å². The standard InChI is InChI=1S/C11H21FN2/c1-9(2)14-10-3-4-11(14)8-13(7-10)6-5-12/h9-11H,3-8H2,1-2H3. The zero-order chi connectivity index (χ0) is 10.1. The average molecular weight is 200 g/mol. The van der Waals surface area contributed by atoms with Crippen LogP contribution in [-0.2, 0) is 0 Å². The van der Waals surface area contributed by atoms with E-state index in [1.165, 1.54) is 12.8 Å². The molecule has 0 aromatic carbocycles. The molecule has 0 aliphatic carbocycles. The number of hydrogen-bond acceptors (Lipinski definition) is 2. The first kappa shape index (κ1) is 10.4. The van der Waals surface area contributed by atoms with Gasteiger partial charge in [-0.25, -0.2) is 4.39 Å². The van der Waals surface area contributed by atoms with Gasteiger partial charge in [-0.1, -0.05) is 0 Å². The molecule has 2 heterocycles. The number of piperazine rings is 1. The molecule has 2 saturated heterocycles. The summed E-state index contributed by atoms with van der Waals surface area (Å²) in [5, 5.41) is 0. The molecule has 2 aliphatic rings. The third-order valence-corrected chi connectivity index (χ3v) is 3.61. The van der Waals surface area contributed by atoms with Crippen molar-refractivity contribution in [2.75, 3.05) is 26.3 Å². The van der Waals surface area contributed by atoms with E-state index in [1.54, 1.807) is 0 Å². The molecule has 2 aliphatic heterocycles. The number of nitrogens with zero attached hydrogens (tertiary/aromatic N) is 2. The Morgan fingerprint density at radius 2 is 1.79 bits per heavy atom. The molecule has 2 bridgehead atoms. The Morgan fingerprint density at radius 3 is 2.21 bits per heavy atom. The Hall–Kier alpha value is -0.150. The van der Waals surface area contributed by atoms with Gasteiger partial charge in [0.05, 0.1) is 0 Å². The van der Waals surface area contributed by atoms with Gasteiger partial charge in [0.2, 0.25) is 0 Å². The predicted octanol–water partition coefficient (Wildman–Crippen LogP) is 1.51. The minimum Gasteiger partial charge on any atom is -0.298 e. The van der Waals surface area contributed by atoms with Crippen LogP contribution in [0.15, 0.2) is 0 Å². The van der Waals surface area contributed by atoms with Crippen LogP contribution in [-0.4, -0.2) is 54.2 Å². The van der Waals surface area contributed by atoms with Gasteiger partial charge in [-0.2, -0.15) is 0 Å². The van der Waals surface area contributed by atoms with Crippen molar-refractivity contribution in [1.29, 1.82) is 0 Å². The molecule has 2 atom stereocenters. The minimum atomic E-state index is -0.193. The van der Waals surface area contributed by atoms with Gasteiger partial charge >= 0.3 is 0 Å². The Morgan fingerprint density at radius 1 is 1.21 bits per heavy atom. The zero-order valence-electron chi connectivity index (χ0n) is 9.25. The predicted molar refractivity (Wildman–Crippen MR) is 56.2 cm³/mol. The SMILES string of the molecule is CC(C)N1C2CCC1CN(CCF)C2. The maximum absolute atomic E-state index is 12.3. The summed E-state index contributed by atoms with van der Waals surface area (Å²) in [5.41, 5.74) is 0. The molecule has 14 heavy (non-hydrogen) atoms. The van der Waals surface area contributed by atoms with E-state index in [9.17, 15) is 4.39 Å². The van der Waals surface area contributed by atoms with E-state index >= 15 is 0 Å². The quantitative estimate of drug-likeness (QED) is 0.681. The third kappa shape index (κ3) is 1.80. The van der Waals surface area contributed by atoms with Gasteiger partial charge in [0, 0.05) is 37.8 Å². The molecule has 0 radical (unpaired) electrons. The molecule has 0 saturated carbocycles. The molecular weight excluding hydrogens is 179 g/mol. The summed E-state index contributed by atoms with van der Waals surface area (Å²) in [5.74, 6) is 0. The smallest absolute Gasteiger partial charge is 0.102 e. The fourth-order valence-corrected chi connectivity index (χ4v) is 3.17. The van der Waals surface area contributed by atoms with Crippen molar-refractivity contribution in [3.63, 3.8) is 0 Å². The average Bonchev–Trinajstić information content (AvgIpc) is 2.39. The lowest BCUT2D eigenvalue weighted by atomic mass is 10.1. The summed E-state index contributed by atoms with van der Waals surface area (Å²) in [6, 6.07) is 2.04. The van der Waals surface area contributed by atoms with Crippen molar-refractivity contribution in [2.45, 2.75) is 44.8 Å². The Kier molecular flexibility index (Phi) is 3.07. The van der Waals surface area contributed by atoms with Gasteiger partial charge in [-0.05, 0) is 26.7 Å². The lowest BCUT2D eigenvalue weighted by Crippen LogP contribution is -2.56. The number of hydrogen-bond donors (Lipinski definition) is 0.